The van der Waals surface area contributed by atoms with E-state index in [0.717, 1.165) is 19.3 Å². The third kappa shape index (κ3) is 3.65. The van der Waals surface area contributed by atoms with Gasteiger partial charge in [-0.1, -0.05) is 12.1 Å². The van der Waals surface area contributed by atoms with Crippen LogP contribution in [0.4, 0.5) is 0 Å². The van der Waals surface area contributed by atoms with Gasteiger partial charge in [0.05, 0.1) is 19.8 Å². The third-order valence-electron chi connectivity index (χ3n) is 4.37. The fraction of sp³-hybridized carbons (Fsp3) is 0.300. The summed E-state index contributed by atoms with van der Waals surface area (Å²) in [6.07, 6.45) is 3.20. The van der Waals surface area contributed by atoms with Gasteiger partial charge >= 0.3 is 5.97 Å². The summed E-state index contributed by atoms with van der Waals surface area (Å²) in [6, 6.07) is 10.4. The lowest BCUT2D eigenvalue weighted by atomic mass is 10.0. The molecule has 3 rings (SSSR count). The topological polar surface area (TPSA) is 61.8 Å². The van der Waals surface area contributed by atoms with Crippen molar-refractivity contribution in [1.29, 1.82) is 0 Å². The third-order valence-corrected chi connectivity index (χ3v) is 4.37. The van der Waals surface area contributed by atoms with Crippen LogP contribution >= 0.6 is 0 Å². The molecule has 5 heteroatoms. The van der Waals surface area contributed by atoms with Crippen molar-refractivity contribution in [2.45, 2.75) is 19.3 Å². The van der Waals surface area contributed by atoms with Crippen molar-refractivity contribution in [3.63, 3.8) is 0 Å². The molecule has 1 aliphatic carbocycles. The van der Waals surface area contributed by atoms with E-state index < -0.39 is 5.97 Å². The number of ketones is 1. The lowest BCUT2D eigenvalue weighted by molar-refractivity contribution is 0.0474. The molecule has 2 aromatic carbocycles. The van der Waals surface area contributed by atoms with E-state index in [1.807, 2.05) is 12.1 Å². The smallest absolute Gasteiger partial charge is 0.338 e. The van der Waals surface area contributed by atoms with Crippen molar-refractivity contribution in [2.24, 2.45) is 0 Å². The number of Topliss-reactive ketones (excluding diaryl/α,β-unsaturated/α-hetero) is 1. The SMILES string of the molecule is COc1ccc(C(=O)OCC(=O)c2ccc3c(c2)CCC3)cc1OC. The summed E-state index contributed by atoms with van der Waals surface area (Å²) in [4.78, 5) is 24.4. The monoisotopic (exact) mass is 340 g/mol. The Kier molecular flexibility index (Phi) is 5.03. The van der Waals surface area contributed by atoms with E-state index in [0.29, 0.717) is 22.6 Å². The Labute approximate surface area is 146 Å². The molecule has 2 aromatic rings. The lowest BCUT2D eigenvalue weighted by Crippen LogP contribution is -2.14. The molecule has 0 atom stereocenters. The number of aryl methyl sites for hydroxylation is 2. The molecule has 0 aromatic heterocycles. The summed E-state index contributed by atoms with van der Waals surface area (Å²) < 4.78 is 15.4. The van der Waals surface area contributed by atoms with Gasteiger partial charge in [0.25, 0.3) is 0 Å². The predicted octanol–water partition coefficient (Wildman–Crippen LogP) is 3.23. The Balaban J connectivity index is 1.65. The molecule has 0 fully saturated rings. The Morgan fingerprint density at radius 1 is 0.880 bits per heavy atom. The second-order valence-electron chi connectivity index (χ2n) is 5.91. The van der Waals surface area contributed by atoms with Gasteiger partial charge in [0.15, 0.2) is 23.9 Å². The zero-order valence-electron chi connectivity index (χ0n) is 14.3. The van der Waals surface area contributed by atoms with Gasteiger partial charge in [0, 0.05) is 5.56 Å². The molecule has 0 saturated carbocycles. The maximum absolute atomic E-state index is 12.3. The molecule has 0 N–H and O–H groups in total. The van der Waals surface area contributed by atoms with E-state index in [2.05, 4.69) is 0 Å². The first-order valence-electron chi connectivity index (χ1n) is 8.16. The summed E-state index contributed by atoms with van der Waals surface area (Å²) in [5.41, 5.74) is 3.41. The first-order chi connectivity index (χ1) is 12.1. The van der Waals surface area contributed by atoms with Crippen LogP contribution in [0, 0.1) is 0 Å². The number of hydrogen-bond acceptors (Lipinski definition) is 5. The fourth-order valence-electron chi connectivity index (χ4n) is 3.01. The quantitative estimate of drug-likeness (QED) is 0.597. The minimum atomic E-state index is -0.574. The summed E-state index contributed by atoms with van der Waals surface area (Å²) in [5.74, 6) is 0.175. The number of ether oxygens (including phenoxy) is 3. The average molecular weight is 340 g/mol. The molecule has 0 heterocycles. The number of carbonyl (C=O) groups excluding carboxylic acids is 2. The van der Waals surface area contributed by atoms with E-state index in [4.69, 9.17) is 14.2 Å². The number of esters is 1. The van der Waals surface area contributed by atoms with Crippen LogP contribution < -0.4 is 9.47 Å². The highest BCUT2D eigenvalue weighted by atomic mass is 16.5. The van der Waals surface area contributed by atoms with Crippen LogP contribution in [0.5, 0.6) is 11.5 Å². The van der Waals surface area contributed by atoms with Gasteiger partial charge in [0.2, 0.25) is 0 Å². The fourth-order valence-corrected chi connectivity index (χ4v) is 3.01. The minimum Gasteiger partial charge on any atom is -0.493 e. The van der Waals surface area contributed by atoms with E-state index in [-0.39, 0.29) is 12.4 Å². The molecule has 0 unspecified atom stereocenters. The molecule has 0 aliphatic heterocycles. The van der Waals surface area contributed by atoms with Crippen molar-refractivity contribution in [1.82, 2.24) is 0 Å². The van der Waals surface area contributed by atoms with Gasteiger partial charge in [-0.3, -0.25) is 4.79 Å². The summed E-state index contributed by atoms with van der Waals surface area (Å²) in [6.45, 7) is -0.286. The molecule has 0 amide bonds. The van der Waals surface area contributed by atoms with Crippen LogP contribution in [0.3, 0.4) is 0 Å². The number of benzene rings is 2. The zero-order chi connectivity index (χ0) is 17.8. The number of fused-ring (bicyclic) bond motifs is 1. The van der Waals surface area contributed by atoms with Crippen LogP contribution in [0.1, 0.15) is 38.3 Å². The van der Waals surface area contributed by atoms with Crippen LogP contribution in [-0.4, -0.2) is 32.6 Å². The Bertz CT molecular complexity index is 810. The molecule has 0 saturated heterocycles. The summed E-state index contributed by atoms with van der Waals surface area (Å²) in [7, 11) is 3.01. The highest BCUT2D eigenvalue weighted by Gasteiger charge is 2.17. The molecule has 130 valence electrons. The number of rotatable bonds is 6. The standard InChI is InChI=1S/C20H20O5/c1-23-18-9-8-16(11-19(18)24-2)20(22)25-12-17(21)15-7-6-13-4-3-5-14(13)10-15/h6-11H,3-5,12H2,1-2H3. The Hall–Kier alpha value is -2.82. The Morgan fingerprint density at radius 2 is 1.60 bits per heavy atom. The van der Waals surface area contributed by atoms with Crippen molar-refractivity contribution in [3.05, 3.63) is 58.7 Å². The van der Waals surface area contributed by atoms with E-state index in [1.165, 1.54) is 31.4 Å². The molecular weight excluding hydrogens is 320 g/mol. The predicted molar refractivity (Wildman–Crippen MR) is 92.6 cm³/mol. The lowest BCUT2D eigenvalue weighted by Gasteiger charge is -2.09. The average Bonchev–Trinajstić information content (AvgIpc) is 3.12. The van der Waals surface area contributed by atoms with Crippen molar-refractivity contribution in [3.8, 4) is 11.5 Å². The zero-order valence-corrected chi connectivity index (χ0v) is 14.3. The molecule has 0 radical (unpaired) electrons. The van der Waals surface area contributed by atoms with E-state index in [1.54, 1.807) is 18.2 Å². The van der Waals surface area contributed by atoms with Crippen LogP contribution in [0.25, 0.3) is 0 Å². The van der Waals surface area contributed by atoms with Gasteiger partial charge in [0.1, 0.15) is 0 Å². The van der Waals surface area contributed by atoms with Gasteiger partial charge in [-0.25, -0.2) is 4.79 Å². The molecule has 1 aliphatic rings. The maximum Gasteiger partial charge on any atom is 0.338 e. The van der Waals surface area contributed by atoms with E-state index in [9.17, 15) is 9.59 Å². The number of carbonyl (C=O) groups is 2. The minimum absolute atomic E-state index is 0.205. The molecule has 5 nitrogen and oxygen atoms in total. The van der Waals surface area contributed by atoms with E-state index >= 15 is 0 Å². The van der Waals surface area contributed by atoms with Gasteiger partial charge in [-0.15, -0.1) is 0 Å². The van der Waals surface area contributed by atoms with Crippen LogP contribution in [0.15, 0.2) is 36.4 Å². The Morgan fingerprint density at radius 3 is 2.36 bits per heavy atom. The normalized spacial score (nSPS) is 12.4. The first-order valence-corrected chi connectivity index (χ1v) is 8.16. The summed E-state index contributed by atoms with van der Waals surface area (Å²) in [5, 5.41) is 0. The molecule has 25 heavy (non-hydrogen) atoms. The van der Waals surface area contributed by atoms with Gasteiger partial charge < -0.3 is 14.2 Å². The molecular formula is C20H20O5. The second kappa shape index (κ2) is 7.38. The molecule has 0 bridgehead atoms. The first kappa shape index (κ1) is 17.0. The van der Waals surface area contributed by atoms with Gasteiger partial charge in [-0.05, 0) is 54.7 Å². The summed E-state index contributed by atoms with van der Waals surface area (Å²) >= 11 is 0. The largest absolute Gasteiger partial charge is 0.493 e. The van der Waals surface area contributed by atoms with Crippen LogP contribution in [0.2, 0.25) is 0 Å². The maximum atomic E-state index is 12.3. The number of methoxy groups -OCH3 is 2. The molecule has 0 spiro atoms. The van der Waals surface area contributed by atoms with Crippen molar-refractivity contribution in [2.75, 3.05) is 20.8 Å². The second-order valence-corrected chi connectivity index (χ2v) is 5.91. The van der Waals surface area contributed by atoms with Crippen molar-refractivity contribution < 1.29 is 23.8 Å². The number of hydrogen-bond donors (Lipinski definition) is 0. The van der Waals surface area contributed by atoms with Crippen LogP contribution in [-0.2, 0) is 17.6 Å². The van der Waals surface area contributed by atoms with Gasteiger partial charge in [-0.2, -0.15) is 0 Å². The highest BCUT2D eigenvalue weighted by Crippen LogP contribution is 2.28. The van der Waals surface area contributed by atoms with Crippen molar-refractivity contribution >= 4 is 11.8 Å². The highest BCUT2D eigenvalue weighted by molar-refractivity contribution is 5.99.